The third-order valence-corrected chi connectivity index (χ3v) is 4.31. The van der Waals surface area contributed by atoms with Gasteiger partial charge in [0.1, 0.15) is 0 Å². The van der Waals surface area contributed by atoms with Crippen LogP contribution >= 0.6 is 0 Å². The van der Waals surface area contributed by atoms with Crippen LogP contribution in [0, 0.1) is 19.3 Å². The quantitative estimate of drug-likeness (QED) is 0.919. The van der Waals surface area contributed by atoms with Crippen molar-refractivity contribution in [3.63, 3.8) is 0 Å². The molecule has 116 valence electrons. The number of carbonyl (C=O) groups excluding carboxylic acids is 1. The maximum Gasteiger partial charge on any atom is 0.311 e. The molecule has 0 aromatic carbocycles. The first-order chi connectivity index (χ1) is 9.80. The third kappa shape index (κ3) is 2.66. The van der Waals surface area contributed by atoms with E-state index in [1.807, 2.05) is 18.5 Å². The Balaban J connectivity index is 2.24. The number of aromatic nitrogens is 2. The van der Waals surface area contributed by atoms with Gasteiger partial charge in [0.2, 0.25) is 0 Å². The molecule has 21 heavy (non-hydrogen) atoms. The van der Waals surface area contributed by atoms with Crippen molar-refractivity contribution in [1.29, 1.82) is 0 Å². The first-order valence-corrected chi connectivity index (χ1v) is 7.37. The molecule has 0 bridgehead atoms. The predicted octanol–water partition coefficient (Wildman–Crippen LogP) is 1.85. The van der Waals surface area contributed by atoms with Crippen molar-refractivity contribution in [2.24, 2.45) is 5.41 Å². The molecule has 0 radical (unpaired) electrons. The number of amides is 1. The molecular formula is C15H23N3O3. The highest BCUT2D eigenvalue weighted by Gasteiger charge is 2.43. The van der Waals surface area contributed by atoms with Gasteiger partial charge in [-0.25, -0.2) is 0 Å². The SMILES string of the molecule is CCCn1nc(C)c(C(=O)N2CCC(C)(C(=O)O)C2)c1C. The van der Waals surface area contributed by atoms with Gasteiger partial charge in [-0.2, -0.15) is 5.10 Å². The summed E-state index contributed by atoms with van der Waals surface area (Å²) in [6, 6.07) is 0. The lowest BCUT2D eigenvalue weighted by Crippen LogP contribution is -2.35. The van der Waals surface area contributed by atoms with E-state index >= 15 is 0 Å². The van der Waals surface area contributed by atoms with Crippen molar-refractivity contribution in [2.45, 2.75) is 47.1 Å². The maximum atomic E-state index is 12.7. The fourth-order valence-electron chi connectivity index (χ4n) is 2.90. The topological polar surface area (TPSA) is 75.4 Å². The van der Waals surface area contributed by atoms with Crippen molar-refractivity contribution >= 4 is 11.9 Å². The zero-order valence-corrected chi connectivity index (χ0v) is 13.1. The number of nitrogens with zero attached hydrogens (tertiary/aromatic N) is 3. The lowest BCUT2D eigenvalue weighted by atomic mass is 9.90. The molecule has 6 heteroatoms. The molecule has 1 saturated heterocycles. The van der Waals surface area contributed by atoms with E-state index in [-0.39, 0.29) is 12.5 Å². The Bertz CT molecular complexity index is 579. The number of rotatable bonds is 4. The second kappa shape index (κ2) is 5.50. The fourth-order valence-corrected chi connectivity index (χ4v) is 2.90. The molecule has 1 fully saturated rings. The molecule has 1 aliphatic heterocycles. The highest BCUT2D eigenvalue weighted by molar-refractivity contribution is 5.97. The minimum absolute atomic E-state index is 0.0997. The van der Waals surface area contributed by atoms with Crippen LogP contribution in [0.4, 0.5) is 0 Å². The molecule has 1 amide bonds. The van der Waals surface area contributed by atoms with Crippen molar-refractivity contribution in [1.82, 2.24) is 14.7 Å². The minimum Gasteiger partial charge on any atom is -0.481 e. The summed E-state index contributed by atoms with van der Waals surface area (Å²) in [6.45, 7) is 9.03. The second-order valence-corrected chi connectivity index (χ2v) is 6.11. The highest BCUT2D eigenvalue weighted by atomic mass is 16.4. The summed E-state index contributed by atoms with van der Waals surface area (Å²) < 4.78 is 1.86. The Hall–Kier alpha value is -1.85. The maximum absolute atomic E-state index is 12.7. The number of likely N-dealkylation sites (tertiary alicyclic amines) is 1. The summed E-state index contributed by atoms with van der Waals surface area (Å²) in [5.74, 6) is -0.940. The molecule has 1 atom stereocenters. The molecule has 1 unspecified atom stereocenters. The van der Waals surface area contributed by atoms with Gasteiger partial charge in [0.05, 0.1) is 16.7 Å². The Labute approximate surface area is 124 Å². The van der Waals surface area contributed by atoms with Gasteiger partial charge in [-0.05, 0) is 33.6 Å². The van der Waals surface area contributed by atoms with E-state index in [1.54, 1.807) is 11.8 Å². The van der Waals surface area contributed by atoms with E-state index in [9.17, 15) is 14.7 Å². The van der Waals surface area contributed by atoms with E-state index < -0.39 is 11.4 Å². The number of carboxylic acids is 1. The number of aliphatic carboxylic acids is 1. The van der Waals surface area contributed by atoms with Crippen LogP contribution in [0.1, 0.15) is 48.4 Å². The Morgan fingerprint density at radius 1 is 1.38 bits per heavy atom. The van der Waals surface area contributed by atoms with Crippen LogP contribution in [0.3, 0.4) is 0 Å². The summed E-state index contributed by atoms with van der Waals surface area (Å²) >= 11 is 0. The average molecular weight is 293 g/mol. The molecule has 0 saturated carbocycles. The van der Waals surface area contributed by atoms with Crippen molar-refractivity contribution in [2.75, 3.05) is 13.1 Å². The number of carbonyl (C=O) groups is 2. The van der Waals surface area contributed by atoms with E-state index in [0.717, 1.165) is 24.4 Å². The van der Waals surface area contributed by atoms with E-state index in [0.29, 0.717) is 18.5 Å². The van der Waals surface area contributed by atoms with Gasteiger partial charge in [0.15, 0.2) is 0 Å². The van der Waals surface area contributed by atoms with Crippen LogP contribution < -0.4 is 0 Å². The molecule has 0 spiro atoms. The lowest BCUT2D eigenvalue weighted by Gasteiger charge is -2.20. The Morgan fingerprint density at radius 3 is 2.57 bits per heavy atom. The van der Waals surface area contributed by atoms with E-state index in [1.165, 1.54) is 0 Å². The van der Waals surface area contributed by atoms with E-state index in [4.69, 9.17) is 0 Å². The van der Waals surface area contributed by atoms with Crippen molar-refractivity contribution in [3.8, 4) is 0 Å². The molecular weight excluding hydrogens is 270 g/mol. The van der Waals surface area contributed by atoms with Crippen LogP contribution in [-0.2, 0) is 11.3 Å². The van der Waals surface area contributed by atoms with Crippen LogP contribution in [-0.4, -0.2) is 44.8 Å². The summed E-state index contributed by atoms with van der Waals surface area (Å²) in [6.07, 6.45) is 1.45. The number of hydrogen-bond donors (Lipinski definition) is 1. The largest absolute Gasteiger partial charge is 0.481 e. The lowest BCUT2D eigenvalue weighted by molar-refractivity contribution is -0.147. The molecule has 1 aromatic rings. The normalized spacial score (nSPS) is 21.8. The Morgan fingerprint density at radius 2 is 2.05 bits per heavy atom. The van der Waals surface area contributed by atoms with Crippen LogP contribution in [0.25, 0.3) is 0 Å². The van der Waals surface area contributed by atoms with Gasteiger partial charge in [0, 0.05) is 25.3 Å². The smallest absolute Gasteiger partial charge is 0.311 e. The first kappa shape index (κ1) is 15.5. The number of carboxylic acid groups (broad SMARTS) is 1. The minimum atomic E-state index is -0.840. The van der Waals surface area contributed by atoms with Gasteiger partial charge in [-0.3, -0.25) is 14.3 Å². The van der Waals surface area contributed by atoms with Gasteiger partial charge in [-0.1, -0.05) is 6.92 Å². The third-order valence-electron chi connectivity index (χ3n) is 4.31. The average Bonchev–Trinajstić information content (AvgIpc) is 2.93. The number of hydrogen-bond acceptors (Lipinski definition) is 3. The van der Waals surface area contributed by atoms with Gasteiger partial charge >= 0.3 is 5.97 Å². The molecule has 0 aliphatic carbocycles. The summed E-state index contributed by atoms with van der Waals surface area (Å²) in [5, 5.41) is 13.7. The van der Waals surface area contributed by atoms with Crippen molar-refractivity contribution in [3.05, 3.63) is 17.0 Å². The second-order valence-electron chi connectivity index (χ2n) is 6.11. The van der Waals surface area contributed by atoms with E-state index in [2.05, 4.69) is 12.0 Å². The predicted molar refractivity (Wildman–Crippen MR) is 78.3 cm³/mol. The molecule has 2 heterocycles. The van der Waals surface area contributed by atoms with Gasteiger partial charge in [-0.15, -0.1) is 0 Å². The standard InChI is InChI=1S/C15H23N3O3/c1-5-7-18-11(3)12(10(2)16-18)13(19)17-8-6-15(4,9-17)14(20)21/h5-9H2,1-4H3,(H,20,21). The molecule has 2 rings (SSSR count). The fraction of sp³-hybridized carbons (Fsp3) is 0.667. The summed E-state index contributed by atoms with van der Waals surface area (Å²) in [7, 11) is 0. The van der Waals surface area contributed by atoms with Gasteiger partial charge < -0.3 is 10.0 Å². The van der Waals surface area contributed by atoms with Crippen LogP contribution in [0.5, 0.6) is 0 Å². The number of aryl methyl sites for hydroxylation is 2. The molecule has 1 N–H and O–H groups in total. The molecule has 1 aliphatic rings. The first-order valence-electron chi connectivity index (χ1n) is 7.37. The van der Waals surface area contributed by atoms with Crippen LogP contribution in [0.15, 0.2) is 0 Å². The molecule has 6 nitrogen and oxygen atoms in total. The monoisotopic (exact) mass is 293 g/mol. The van der Waals surface area contributed by atoms with Crippen LogP contribution in [0.2, 0.25) is 0 Å². The van der Waals surface area contributed by atoms with Gasteiger partial charge in [0.25, 0.3) is 5.91 Å². The zero-order chi connectivity index (χ0) is 15.8. The summed E-state index contributed by atoms with van der Waals surface area (Å²) in [5.41, 5.74) is 1.37. The molecule has 1 aromatic heterocycles. The highest BCUT2D eigenvalue weighted by Crippen LogP contribution is 2.31. The Kier molecular flexibility index (Phi) is 4.07. The zero-order valence-electron chi connectivity index (χ0n) is 13.1. The van der Waals surface area contributed by atoms with Crippen molar-refractivity contribution < 1.29 is 14.7 Å². The summed E-state index contributed by atoms with van der Waals surface area (Å²) in [4.78, 5) is 25.6.